The van der Waals surface area contributed by atoms with Crippen molar-refractivity contribution >= 4 is 39.2 Å². The zero-order valence-corrected chi connectivity index (χ0v) is 24.3. The molecule has 3 aromatic heterocycles. The Balaban J connectivity index is 1.10. The molecule has 0 saturated carbocycles. The molecular weight excluding hydrogens is 557 g/mol. The summed E-state index contributed by atoms with van der Waals surface area (Å²) in [6.07, 6.45) is 3.56. The number of likely N-dealkylation sites (N-methyl/N-ethyl adjacent to an activating group) is 1. The molecule has 0 radical (unpaired) electrons. The molecule has 3 amide bonds. The summed E-state index contributed by atoms with van der Waals surface area (Å²) in [5, 5.41) is 5.40. The fourth-order valence-electron chi connectivity index (χ4n) is 5.01. The first-order valence-electron chi connectivity index (χ1n) is 13.9. The van der Waals surface area contributed by atoms with E-state index in [-0.39, 0.29) is 17.7 Å². The van der Waals surface area contributed by atoms with Gasteiger partial charge in [0.05, 0.1) is 26.8 Å². The molecule has 0 bridgehead atoms. The van der Waals surface area contributed by atoms with E-state index >= 15 is 0 Å². The van der Waals surface area contributed by atoms with E-state index in [2.05, 4.69) is 38.5 Å². The third kappa shape index (κ3) is 6.35. The van der Waals surface area contributed by atoms with Crippen molar-refractivity contribution in [3.05, 3.63) is 66.2 Å². The number of nitrogens with one attached hydrogen (secondary N) is 2. The van der Waals surface area contributed by atoms with Crippen molar-refractivity contribution in [3.8, 4) is 22.1 Å². The number of urea groups is 1. The SMILES string of the molecule is CC(=O)N1CC(NC(=O)Nc2ccc(Oc3ccnc4cc(-c5ccc(CN6CCN(C)CC6)cn5)sc34)c(F)c2)C1. The zero-order valence-electron chi connectivity index (χ0n) is 23.5. The normalized spacial score (nSPS) is 16.3. The van der Waals surface area contributed by atoms with Gasteiger partial charge in [-0.05, 0) is 36.9 Å². The standard InChI is InChI=1S/C30H32FN7O3S/c1-19(39)38-17-22(18-38)35-30(40)34-21-4-6-26(23(31)13-21)41-27-7-8-32-25-14-28(42-29(25)27)24-5-3-20(15-33-24)16-37-11-9-36(2)10-12-37/h3-8,13-15,22H,9-12,16-18H2,1-2H3,(H2,34,35,40). The van der Waals surface area contributed by atoms with Gasteiger partial charge >= 0.3 is 6.03 Å². The highest BCUT2D eigenvalue weighted by Crippen LogP contribution is 2.39. The topological polar surface area (TPSA) is 103 Å². The molecule has 0 aliphatic carbocycles. The van der Waals surface area contributed by atoms with Gasteiger partial charge in [0.15, 0.2) is 11.6 Å². The number of likely N-dealkylation sites (tertiary alicyclic amines) is 1. The molecule has 2 aliphatic heterocycles. The Kier molecular flexibility index (Phi) is 8.00. The maximum atomic E-state index is 15.0. The van der Waals surface area contributed by atoms with Crippen molar-refractivity contribution in [2.75, 3.05) is 51.6 Å². The number of hydrogen-bond acceptors (Lipinski definition) is 8. The van der Waals surface area contributed by atoms with Crippen molar-refractivity contribution in [2.45, 2.75) is 19.5 Å². The minimum absolute atomic E-state index is 0.0288. The first kappa shape index (κ1) is 28.0. The van der Waals surface area contributed by atoms with Crippen molar-refractivity contribution in [2.24, 2.45) is 0 Å². The highest BCUT2D eigenvalue weighted by Gasteiger charge is 2.29. The highest BCUT2D eigenvalue weighted by atomic mass is 32.1. The summed E-state index contributed by atoms with van der Waals surface area (Å²) in [4.78, 5) is 40.1. The number of carbonyl (C=O) groups is 2. The van der Waals surface area contributed by atoms with Gasteiger partial charge in [0, 0.05) is 83.0 Å². The molecule has 2 aliphatic rings. The Labute approximate surface area is 247 Å². The number of halogens is 1. The highest BCUT2D eigenvalue weighted by molar-refractivity contribution is 7.22. The number of fused-ring (bicyclic) bond motifs is 1. The van der Waals surface area contributed by atoms with Crippen LogP contribution in [0.4, 0.5) is 14.9 Å². The number of rotatable bonds is 7. The van der Waals surface area contributed by atoms with Crippen LogP contribution in [0, 0.1) is 5.82 Å². The fourth-order valence-corrected chi connectivity index (χ4v) is 6.05. The van der Waals surface area contributed by atoms with Gasteiger partial charge in [-0.25, -0.2) is 9.18 Å². The second-order valence-corrected chi connectivity index (χ2v) is 11.8. The molecule has 0 unspecified atom stereocenters. The number of nitrogens with zero attached hydrogens (tertiary/aromatic N) is 5. The number of aromatic nitrogens is 2. The molecule has 42 heavy (non-hydrogen) atoms. The second kappa shape index (κ2) is 12.0. The average Bonchev–Trinajstić information content (AvgIpc) is 3.39. The molecule has 2 saturated heterocycles. The van der Waals surface area contributed by atoms with E-state index < -0.39 is 11.8 Å². The molecule has 4 aromatic rings. The van der Waals surface area contributed by atoms with Crippen LogP contribution in [0.25, 0.3) is 20.8 Å². The molecule has 6 rings (SSSR count). The minimum Gasteiger partial charge on any atom is -0.453 e. The molecule has 0 spiro atoms. The molecule has 2 N–H and O–H groups in total. The van der Waals surface area contributed by atoms with E-state index in [0.717, 1.165) is 53.5 Å². The Morgan fingerprint density at radius 2 is 1.86 bits per heavy atom. The van der Waals surface area contributed by atoms with Crippen LogP contribution in [0.1, 0.15) is 12.5 Å². The van der Waals surface area contributed by atoms with Gasteiger partial charge < -0.3 is 25.2 Å². The van der Waals surface area contributed by atoms with Crippen LogP contribution in [-0.2, 0) is 11.3 Å². The molecule has 0 atom stereocenters. The lowest BCUT2D eigenvalue weighted by Crippen LogP contribution is -2.61. The van der Waals surface area contributed by atoms with Gasteiger partial charge in [-0.1, -0.05) is 6.07 Å². The summed E-state index contributed by atoms with van der Waals surface area (Å²) >= 11 is 1.49. The van der Waals surface area contributed by atoms with Gasteiger partial charge in [-0.3, -0.25) is 19.7 Å². The number of hydrogen-bond donors (Lipinski definition) is 2. The molecule has 2 fully saturated rings. The smallest absolute Gasteiger partial charge is 0.319 e. The van der Waals surface area contributed by atoms with Gasteiger partial charge in [0.2, 0.25) is 5.91 Å². The number of piperazine rings is 1. The van der Waals surface area contributed by atoms with E-state index in [1.165, 1.54) is 36.0 Å². The molecule has 10 nitrogen and oxygen atoms in total. The fraction of sp³-hybridized carbons (Fsp3) is 0.333. The number of anilines is 1. The van der Waals surface area contributed by atoms with Crippen LogP contribution < -0.4 is 15.4 Å². The monoisotopic (exact) mass is 589 g/mol. The predicted molar refractivity (Wildman–Crippen MR) is 160 cm³/mol. The number of pyridine rings is 2. The van der Waals surface area contributed by atoms with E-state index in [4.69, 9.17) is 9.72 Å². The van der Waals surface area contributed by atoms with Crippen LogP contribution in [0.3, 0.4) is 0 Å². The zero-order chi connectivity index (χ0) is 29.2. The molecule has 5 heterocycles. The second-order valence-electron chi connectivity index (χ2n) is 10.7. The molecule has 1 aromatic carbocycles. The third-order valence-corrected chi connectivity index (χ3v) is 8.69. The number of carbonyl (C=O) groups excluding carboxylic acids is 2. The lowest BCUT2D eigenvalue weighted by atomic mass is 10.1. The summed E-state index contributed by atoms with van der Waals surface area (Å²) in [6.45, 7) is 7.58. The first-order chi connectivity index (χ1) is 20.3. The summed E-state index contributed by atoms with van der Waals surface area (Å²) in [5.41, 5.74) is 3.06. The van der Waals surface area contributed by atoms with Crippen molar-refractivity contribution in [3.63, 3.8) is 0 Å². The average molecular weight is 590 g/mol. The molecule has 218 valence electrons. The summed E-state index contributed by atoms with van der Waals surface area (Å²) in [7, 11) is 2.15. The quantitative estimate of drug-likeness (QED) is 0.330. The number of ether oxygens (including phenoxy) is 1. The largest absolute Gasteiger partial charge is 0.453 e. The minimum atomic E-state index is -0.612. The van der Waals surface area contributed by atoms with Crippen molar-refractivity contribution in [1.29, 1.82) is 0 Å². The number of amides is 3. The Morgan fingerprint density at radius 1 is 1.05 bits per heavy atom. The van der Waals surface area contributed by atoms with E-state index in [0.29, 0.717) is 24.5 Å². The first-order valence-corrected chi connectivity index (χ1v) is 14.7. The number of benzene rings is 1. The maximum absolute atomic E-state index is 15.0. The summed E-state index contributed by atoms with van der Waals surface area (Å²) in [6, 6.07) is 11.5. The molecular formula is C30H32FN7O3S. The summed E-state index contributed by atoms with van der Waals surface area (Å²) in [5.74, 6) is -0.122. The van der Waals surface area contributed by atoms with Crippen LogP contribution in [0.2, 0.25) is 0 Å². The Hall–Kier alpha value is -4.13. The number of thiophene rings is 1. The van der Waals surface area contributed by atoms with Crippen LogP contribution >= 0.6 is 11.3 Å². The predicted octanol–water partition coefficient (Wildman–Crippen LogP) is 4.39. The van der Waals surface area contributed by atoms with Gasteiger partial charge in [0.1, 0.15) is 5.75 Å². The van der Waals surface area contributed by atoms with E-state index in [1.807, 2.05) is 18.3 Å². The maximum Gasteiger partial charge on any atom is 0.319 e. The lowest BCUT2D eigenvalue weighted by Gasteiger charge is -2.38. The van der Waals surface area contributed by atoms with Gasteiger partial charge in [-0.15, -0.1) is 11.3 Å². The molecule has 12 heteroatoms. The van der Waals surface area contributed by atoms with Crippen LogP contribution in [0.15, 0.2) is 54.9 Å². The van der Waals surface area contributed by atoms with E-state index in [9.17, 15) is 14.0 Å². The van der Waals surface area contributed by atoms with Crippen LogP contribution in [-0.4, -0.2) is 89.0 Å². The Bertz CT molecular complexity index is 1600. The van der Waals surface area contributed by atoms with E-state index in [1.54, 1.807) is 23.2 Å². The lowest BCUT2D eigenvalue weighted by molar-refractivity contribution is -0.133. The van der Waals surface area contributed by atoms with Gasteiger partial charge in [0.25, 0.3) is 0 Å². The van der Waals surface area contributed by atoms with Gasteiger partial charge in [-0.2, -0.15) is 0 Å². The van der Waals surface area contributed by atoms with Crippen molar-refractivity contribution in [1.82, 2.24) is 30.0 Å². The van der Waals surface area contributed by atoms with Crippen LogP contribution in [0.5, 0.6) is 11.5 Å². The van der Waals surface area contributed by atoms with Crippen molar-refractivity contribution < 1.29 is 18.7 Å². The third-order valence-electron chi connectivity index (χ3n) is 7.53. The Morgan fingerprint density at radius 3 is 2.57 bits per heavy atom. The summed E-state index contributed by atoms with van der Waals surface area (Å²) < 4.78 is 21.7.